The van der Waals surface area contributed by atoms with E-state index >= 15 is 0 Å². The van der Waals surface area contributed by atoms with Crippen LogP contribution in [0.5, 0.6) is 11.5 Å². The number of aryl methyl sites for hydroxylation is 2. The minimum Gasteiger partial charge on any atom is -0.497 e. The number of nitrogens with zero attached hydrogens (tertiary/aromatic N) is 7. The van der Waals surface area contributed by atoms with Gasteiger partial charge in [-0.15, -0.1) is 0 Å². The monoisotopic (exact) mass is 924 g/mol. The standard InChI is InChI=1S/C21H24N4O3S2.C14H18N4S.C7H7ClO3S/c1-16-5-3-4-6-17(16)15-20-22-21(29-23-20)24-11-13-25(14-12-24)30(26,27)19-9-7-18(28-2)8-10-19;1-11-4-2-3-5-12(11)10-13-16-14(19-17-13)18-8-6-15-7-9-18;1-11-6-2-4-7(5-3-6)12(8,9)10/h3-10H,11-15H2,1-2H3;2-5,15H,6-10H2,1H3;2-5H,1H3. The second-order valence-electron chi connectivity index (χ2n) is 14.1. The van der Waals surface area contributed by atoms with Crippen LogP contribution in [0, 0.1) is 13.8 Å². The maximum absolute atomic E-state index is 12.9. The number of aromatic nitrogens is 4. The van der Waals surface area contributed by atoms with Gasteiger partial charge in [-0.3, -0.25) is 0 Å². The number of ether oxygens (including phenoxy) is 2. The summed E-state index contributed by atoms with van der Waals surface area (Å²) < 4.78 is 67.8. The Morgan fingerprint density at radius 1 is 0.607 bits per heavy atom. The zero-order valence-electron chi connectivity index (χ0n) is 34.4. The maximum atomic E-state index is 12.9. The number of nitrogens with one attached hydrogen (secondary N) is 1. The third-order valence-electron chi connectivity index (χ3n) is 10.1. The molecule has 4 aromatic carbocycles. The van der Waals surface area contributed by atoms with E-state index in [4.69, 9.17) is 20.2 Å². The molecule has 6 aromatic rings. The number of methoxy groups -OCH3 is 2. The van der Waals surface area contributed by atoms with Crippen molar-refractivity contribution in [2.24, 2.45) is 0 Å². The SMILES string of the molecule is COc1ccc(S(=O)(=O)Cl)cc1.COc1ccc(S(=O)(=O)N2CCN(c3nc(Cc4ccccc4C)ns3)CC2)cc1.Cc1ccccc1Cc1nsc(N2CCNCC2)n1. The van der Waals surface area contributed by atoms with Crippen LogP contribution in [-0.2, 0) is 31.9 Å². The molecule has 19 heteroatoms. The molecule has 14 nitrogen and oxygen atoms in total. The van der Waals surface area contributed by atoms with Gasteiger partial charge in [0.15, 0.2) is 0 Å². The molecule has 0 spiro atoms. The average Bonchev–Trinajstić information content (AvgIpc) is 3.96. The number of anilines is 2. The number of hydrogen-bond donors (Lipinski definition) is 1. The predicted octanol–water partition coefficient (Wildman–Crippen LogP) is 6.43. The molecule has 0 radical (unpaired) electrons. The first-order valence-corrected chi connectivity index (χ1v) is 24.8. The maximum Gasteiger partial charge on any atom is 0.261 e. The number of benzene rings is 4. The molecule has 61 heavy (non-hydrogen) atoms. The van der Waals surface area contributed by atoms with Crippen molar-refractivity contribution in [2.75, 3.05) is 76.4 Å². The fourth-order valence-corrected chi connectivity index (χ4v) is 10.1. The molecule has 0 atom stereocenters. The van der Waals surface area contributed by atoms with Gasteiger partial charge in [0, 0.05) is 98.9 Å². The van der Waals surface area contributed by atoms with E-state index in [0.717, 1.165) is 54.5 Å². The first-order valence-electron chi connectivity index (χ1n) is 19.5. The van der Waals surface area contributed by atoms with Crippen LogP contribution in [0.25, 0.3) is 0 Å². The molecule has 2 aliphatic rings. The summed E-state index contributed by atoms with van der Waals surface area (Å²) in [6, 6.07) is 29.0. The summed E-state index contributed by atoms with van der Waals surface area (Å²) in [4.78, 5) is 14.1. The fourth-order valence-electron chi connectivity index (χ4n) is 6.46. The zero-order valence-corrected chi connectivity index (χ0v) is 38.4. The fraction of sp³-hybridized carbons (Fsp3) is 0.333. The summed E-state index contributed by atoms with van der Waals surface area (Å²) in [5, 5.41) is 5.26. The van der Waals surface area contributed by atoms with Crippen molar-refractivity contribution in [3.63, 3.8) is 0 Å². The molecule has 4 heterocycles. The van der Waals surface area contributed by atoms with Crippen molar-refractivity contribution in [1.82, 2.24) is 28.3 Å². The van der Waals surface area contributed by atoms with Gasteiger partial charge in [-0.1, -0.05) is 48.5 Å². The molecule has 2 aromatic heterocycles. The predicted molar refractivity (Wildman–Crippen MR) is 243 cm³/mol. The van der Waals surface area contributed by atoms with Gasteiger partial charge in [-0.25, -0.2) is 26.8 Å². The van der Waals surface area contributed by atoms with Gasteiger partial charge in [0.25, 0.3) is 9.05 Å². The Morgan fingerprint density at radius 2 is 1.03 bits per heavy atom. The molecule has 1 N–H and O–H groups in total. The average molecular weight is 926 g/mol. The topological polar surface area (TPSA) is 160 Å². The quantitative estimate of drug-likeness (QED) is 0.142. The lowest BCUT2D eigenvalue weighted by molar-refractivity contribution is 0.384. The van der Waals surface area contributed by atoms with Crippen molar-refractivity contribution < 1.29 is 26.3 Å². The second kappa shape index (κ2) is 21.4. The highest BCUT2D eigenvalue weighted by molar-refractivity contribution is 8.13. The van der Waals surface area contributed by atoms with Crippen LogP contribution >= 0.6 is 33.7 Å². The highest BCUT2D eigenvalue weighted by atomic mass is 35.7. The van der Waals surface area contributed by atoms with Gasteiger partial charge in [0.05, 0.1) is 24.0 Å². The van der Waals surface area contributed by atoms with Crippen molar-refractivity contribution in [2.45, 2.75) is 36.5 Å². The van der Waals surface area contributed by atoms with E-state index in [2.05, 4.69) is 84.1 Å². The Labute approximate surface area is 371 Å². The molecule has 2 saturated heterocycles. The Bertz CT molecular complexity index is 2540. The lowest BCUT2D eigenvalue weighted by atomic mass is 10.1. The van der Waals surface area contributed by atoms with E-state index < -0.39 is 19.1 Å². The summed E-state index contributed by atoms with van der Waals surface area (Å²) in [7, 11) is 1.02. The molecule has 324 valence electrons. The number of rotatable bonds is 11. The zero-order chi connectivity index (χ0) is 43.4. The van der Waals surface area contributed by atoms with Gasteiger partial charge in [0.2, 0.25) is 20.3 Å². The van der Waals surface area contributed by atoms with Gasteiger partial charge in [-0.05, 0) is 84.6 Å². The first-order chi connectivity index (χ1) is 29.3. The van der Waals surface area contributed by atoms with E-state index in [-0.39, 0.29) is 9.79 Å². The van der Waals surface area contributed by atoms with E-state index in [1.54, 1.807) is 31.4 Å². The number of sulfonamides is 1. The van der Waals surface area contributed by atoms with Gasteiger partial charge in [0.1, 0.15) is 23.1 Å². The summed E-state index contributed by atoms with van der Waals surface area (Å²) >= 11 is 2.89. The molecule has 8 rings (SSSR count). The van der Waals surface area contributed by atoms with Crippen LogP contribution in [0.1, 0.15) is 33.9 Å². The van der Waals surface area contributed by atoms with Crippen molar-refractivity contribution in [3.8, 4) is 11.5 Å². The highest BCUT2D eigenvalue weighted by Gasteiger charge is 2.29. The van der Waals surface area contributed by atoms with Crippen LogP contribution in [-0.4, -0.2) is 106 Å². The number of piperazine rings is 2. The Kier molecular flexibility index (Phi) is 16.1. The van der Waals surface area contributed by atoms with Crippen LogP contribution in [0.2, 0.25) is 0 Å². The number of hydrogen-bond acceptors (Lipinski definition) is 15. The molecular formula is C42H49ClN8O6S4. The molecular weight excluding hydrogens is 876 g/mol. The third kappa shape index (κ3) is 12.7. The molecule has 2 aliphatic heterocycles. The largest absolute Gasteiger partial charge is 0.497 e. The summed E-state index contributed by atoms with van der Waals surface area (Å²) in [5.41, 5.74) is 5.07. The highest BCUT2D eigenvalue weighted by Crippen LogP contribution is 2.25. The Morgan fingerprint density at radius 3 is 1.46 bits per heavy atom. The lowest BCUT2D eigenvalue weighted by Gasteiger charge is -2.33. The van der Waals surface area contributed by atoms with Crippen LogP contribution in [0.15, 0.2) is 107 Å². The smallest absolute Gasteiger partial charge is 0.261 e. The van der Waals surface area contributed by atoms with Crippen LogP contribution in [0.3, 0.4) is 0 Å². The summed E-state index contributed by atoms with van der Waals surface area (Å²) in [5.74, 6) is 2.97. The third-order valence-corrected chi connectivity index (χ3v) is 15.0. The minimum absolute atomic E-state index is 0.0740. The van der Waals surface area contributed by atoms with Crippen molar-refractivity contribution >= 4 is 63.1 Å². The Hall–Kier alpha value is -4.69. The lowest BCUT2D eigenvalue weighted by Crippen LogP contribution is -2.48. The van der Waals surface area contributed by atoms with E-state index in [9.17, 15) is 16.8 Å². The normalized spacial score (nSPS) is 14.6. The van der Waals surface area contributed by atoms with Crippen LogP contribution < -0.4 is 24.6 Å². The minimum atomic E-state index is -3.61. The van der Waals surface area contributed by atoms with E-state index in [1.807, 2.05) is 12.1 Å². The van der Waals surface area contributed by atoms with E-state index in [0.29, 0.717) is 44.1 Å². The number of halogens is 1. The molecule has 0 unspecified atom stereocenters. The molecule has 0 amide bonds. The summed E-state index contributed by atoms with van der Waals surface area (Å²) in [6.07, 6.45) is 1.53. The first kappa shape index (κ1) is 45.8. The molecule has 0 bridgehead atoms. The molecule has 2 fully saturated rings. The van der Waals surface area contributed by atoms with Crippen molar-refractivity contribution in [1.29, 1.82) is 0 Å². The second-order valence-corrected chi connectivity index (χ2v) is 20.1. The Balaban J connectivity index is 0.000000171. The van der Waals surface area contributed by atoms with Gasteiger partial charge in [-0.2, -0.15) is 13.1 Å². The van der Waals surface area contributed by atoms with Crippen molar-refractivity contribution in [3.05, 3.63) is 131 Å². The van der Waals surface area contributed by atoms with Gasteiger partial charge < -0.3 is 24.6 Å². The van der Waals surface area contributed by atoms with Gasteiger partial charge >= 0.3 is 0 Å². The summed E-state index contributed by atoms with van der Waals surface area (Å²) in [6.45, 7) is 10.4. The van der Waals surface area contributed by atoms with E-state index in [1.165, 1.54) is 81.0 Å². The molecule has 0 aliphatic carbocycles. The van der Waals surface area contributed by atoms with Crippen LogP contribution in [0.4, 0.5) is 10.3 Å². The molecule has 0 saturated carbocycles.